The molecule has 0 spiro atoms. The second-order valence-electron chi connectivity index (χ2n) is 4.61. The molecule has 1 aliphatic rings. The number of amides is 3. The summed E-state index contributed by atoms with van der Waals surface area (Å²) >= 11 is 0. The summed E-state index contributed by atoms with van der Waals surface area (Å²) in [5.41, 5.74) is 0. The van der Waals surface area contributed by atoms with E-state index in [-0.39, 0.29) is 6.03 Å². The Morgan fingerprint density at radius 1 is 1.25 bits per heavy atom. The van der Waals surface area contributed by atoms with E-state index in [2.05, 4.69) is 4.98 Å². The first-order valence-electron chi connectivity index (χ1n) is 6.66. The molecule has 0 atom stereocenters. The molecule has 0 aromatic carbocycles. The molecule has 0 aliphatic carbocycles. The molecular formula is C12H19N5O3. The van der Waals surface area contributed by atoms with Gasteiger partial charge < -0.3 is 14.9 Å². The summed E-state index contributed by atoms with van der Waals surface area (Å²) in [6.45, 7) is 4.13. The molecule has 20 heavy (non-hydrogen) atoms. The van der Waals surface area contributed by atoms with Gasteiger partial charge in [0, 0.05) is 45.1 Å². The van der Waals surface area contributed by atoms with Gasteiger partial charge in [0.2, 0.25) is 0 Å². The summed E-state index contributed by atoms with van der Waals surface area (Å²) in [6.07, 6.45) is 4.83. The van der Waals surface area contributed by atoms with Gasteiger partial charge in [0.1, 0.15) is 6.33 Å². The maximum atomic E-state index is 12.5. The number of hydrogen-bond acceptors (Lipinski definition) is 3. The molecule has 1 aromatic heterocycles. The lowest BCUT2D eigenvalue weighted by atomic mass is 10.3. The average Bonchev–Trinajstić information content (AvgIpc) is 2.98. The molecular weight excluding hydrogens is 262 g/mol. The molecule has 1 saturated heterocycles. The maximum Gasteiger partial charge on any atom is 0.407 e. The standard InChI is InChI=1S/C12H19N5O3/c1-2-4-17(16-5-3-13-10-16)11(18)14-6-8-15(9-7-14)12(19)20/h3,5,10H,2,4,6-9H2,1H3,(H,19,20). The number of piperazine rings is 1. The predicted octanol–water partition coefficient (Wildman–Crippen LogP) is 0.647. The van der Waals surface area contributed by atoms with E-state index in [0.29, 0.717) is 32.7 Å². The lowest BCUT2D eigenvalue weighted by Gasteiger charge is -2.36. The molecule has 1 aliphatic heterocycles. The van der Waals surface area contributed by atoms with Gasteiger partial charge in [-0.15, -0.1) is 0 Å². The fraction of sp³-hybridized carbons (Fsp3) is 0.583. The zero-order chi connectivity index (χ0) is 14.5. The number of aromatic nitrogens is 2. The van der Waals surface area contributed by atoms with Crippen molar-refractivity contribution in [3.8, 4) is 0 Å². The summed E-state index contributed by atoms with van der Waals surface area (Å²) in [5, 5.41) is 10.5. The normalized spacial score (nSPS) is 15.2. The van der Waals surface area contributed by atoms with Gasteiger partial charge in [-0.1, -0.05) is 6.92 Å². The van der Waals surface area contributed by atoms with Crippen LogP contribution >= 0.6 is 0 Å². The minimum absolute atomic E-state index is 0.116. The van der Waals surface area contributed by atoms with Crippen LogP contribution < -0.4 is 5.01 Å². The highest BCUT2D eigenvalue weighted by Crippen LogP contribution is 2.06. The van der Waals surface area contributed by atoms with Gasteiger partial charge in [-0.05, 0) is 6.42 Å². The molecule has 0 saturated carbocycles. The summed E-state index contributed by atoms with van der Waals surface area (Å²) < 4.78 is 1.66. The Morgan fingerprint density at radius 3 is 2.40 bits per heavy atom. The second kappa shape index (κ2) is 6.27. The molecule has 2 heterocycles. The van der Waals surface area contributed by atoms with Crippen molar-refractivity contribution in [3.63, 3.8) is 0 Å². The Balaban J connectivity index is 2.00. The average molecular weight is 281 g/mol. The highest BCUT2D eigenvalue weighted by atomic mass is 16.4. The summed E-state index contributed by atoms with van der Waals surface area (Å²) in [7, 11) is 0. The van der Waals surface area contributed by atoms with Crippen molar-refractivity contribution in [1.29, 1.82) is 0 Å². The molecule has 1 fully saturated rings. The maximum absolute atomic E-state index is 12.5. The minimum Gasteiger partial charge on any atom is -0.465 e. The number of hydrogen-bond donors (Lipinski definition) is 1. The minimum atomic E-state index is -0.933. The fourth-order valence-electron chi connectivity index (χ4n) is 2.17. The quantitative estimate of drug-likeness (QED) is 0.881. The van der Waals surface area contributed by atoms with Crippen molar-refractivity contribution in [3.05, 3.63) is 18.7 Å². The third kappa shape index (κ3) is 3.01. The summed E-state index contributed by atoms with van der Waals surface area (Å²) in [5.74, 6) is 0. The number of carbonyl (C=O) groups is 2. The summed E-state index contributed by atoms with van der Waals surface area (Å²) in [4.78, 5) is 30.3. The molecule has 8 heteroatoms. The molecule has 3 amide bonds. The fourth-order valence-corrected chi connectivity index (χ4v) is 2.17. The van der Waals surface area contributed by atoms with Gasteiger partial charge >= 0.3 is 12.1 Å². The monoisotopic (exact) mass is 281 g/mol. The first kappa shape index (κ1) is 14.2. The zero-order valence-electron chi connectivity index (χ0n) is 11.5. The van der Waals surface area contributed by atoms with Crippen LogP contribution in [0.25, 0.3) is 0 Å². The molecule has 1 aromatic rings. The van der Waals surface area contributed by atoms with Crippen LogP contribution in [0, 0.1) is 0 Å². The Kier molecular flexibility index (Phi) is 4.44. The van der Waals surface area contributed by atoms with Crippen LogP contribution in [-0.4, -0.2) is 69.4 Å². The van der Waals surface area contributed by atoms with Gasteiger partial charge in [0.05, 0.1) is 0 Å². The van der Waals surface area contributed by atoms with Crippen molar-refractivity contribution in [2.24, 2.45) is 0 Å². The van der Waals surface area contributed by atoms with Gasteiger partial charge in [-0.2, -0.15) is 0 Å². The number of rotatable bonds is 3. The Hall–Kier alpha value is -2.25. The van der Waals surface area contributed by atoms with Crippen LogP contribution in [-0.2, 0) is 0 Å². The number of nitrogens with zero attached hydrogens (tertiary/aromatic N) is 5. The Bertz CT molecular complexity index is 454. The molecule has 0 unspecified atom stereocenters. The van der Waals surface area contributed by atoms with Crippen molar-refractivity contribution >= 4 is 12.1 Å². The molecule has 0 radical (unpaired) electrons. The number of urea groups is 1. The van der Waals surface area contributed by atoms with Gasteiger partial charge in [0.25, 0.3) is 0 Å². The first-order chi connectivity index (χ1) is 9.63. The van der Waals surface area contributed by atoms with Gasteiger partial charge in [-0.25, -0.2) is 24.3 Å². The second-order valence-corrected chi connectivity index (χ2v) is 4.61. The smallest absolute Gasteiger partial charge is 0.407 e. The van der Waals surface area contributed by atoms with Crippen molar-refractivity contribution < 1.29 is 14.7 Å². The van der Waals surface area contributed by atoms with E-state index in [1.54, 1.807) is 33.3 Å². The van der Waals surface area contributed by atoms with Crippen molar-refractivity contribution in [1.82, 2.24) is 19.5 Å². The molecule has 1 N–H and O–H groups in total. The summed E-state index contributed by atoms with van der Waals surface area (Å²) in [6, 6.07) is -0.116. The van der Waals surface area contributed by atoms with Gasteiger partial charge in [0.15, 0.2) is 0 Å². The van der Waals surface area contributed by atoms with E-state index in [9.17, 15) is 9.59 Å². The Morgan fingerprint density at radius 2 is 1.90 bits per heavy atom. The van der Waals surface area contributed by atoms with Crippen LogP contribution in [0.5, 0.6) is 0 Å². The van der Waals surface area contributed by atoms with Crippen molar-refractivity contribution in [2.45, 2.75) is 13.3 Å². The molecule has 110 valence electrons. The topological polar surface area (TPSA) is 81.9 Å². The predicted molar refractivity (Wildman–Crippen MR) is 72.2 cm³/mol. The third-order valence-corrected chi connectivity index (χ3v) is 3.25. The van der Waals surface area contributed by atoms with E-state index in [1.807, 2.05) is 6.92 Å². The van der Waals surface area contributed by atoms with Crippen LogP contribution in [0.1, 0.15) is 13.3 Å². The molecule has 0 bridgehead atoms. The van der Waals surface area contributed by atoms with Crippen molar-refractivity contribution in [2.75, 3.05) is 37.7 Å². The van der Waals surface area contributed by atoms with E-state index < -0.39 is 6.09 Å². The van der Waals surface area contributed by atoms with E-state index >= 15 is 0 Å². The van der Waals surface area contributed by atoms with Crippen LogP contribution in [0.4, 0.5) is 9.59 Å². The Labute approximate surface area is 117 Å². The molecule has 8 nitrogen and oxygen atoms in total. The third-order valence-electron chi connectivity index (χ3n) is 3.25. The number of carboxylic acid groups (broad SMARTS) is 1. The number of carbonyl (C=O) groups excluding carboxylic acids is 1. The number of imidazole rings is 1. The lowest BCUT2D eigenvalue weighted by molar-refractivity contribution is 0.112. The zero-order valence-corrected chi connectivity index (χ0v) is 11.5. The van der Waals surface area contributed by atoms with Crippen LogP contribution in [0.3, 0.4) is 0 Å². The van der Waals surface area contributed by atoms with E-state index in [0.717, 1.165) is 6.42 Å². The highest BCUT2D eigenvalue weighted by Gasteiger charge is 2.27. The van der Waals surface area contributed by atoms with E-state index in [4.69, 9.17) is 5.11 Å². The SMILES string of the molecule is CCCN(C(=O)N1CCN(C(=O)O)CC1)n1ccnc1. The molecule has 2 rings (SSSR count). The van der Waals surface area contributed by atoms with Crippen LogP contribution in [0.15, 0.2) is 18.7 Å². The largest absolute Gasteiger partial charge is 0.465 e. The highest BCUT2D eigenvalue weighted by molar-refractivity contribution is 5.84. The van der Waals surface area contributed by atoms with Gasteiger partial charge in [-0.3, -0.25) is 0 Å². The van der Waals surface area contributed by atoms with E-state index in [1.165, 1.54) is 4.90 Å². The van der Waals surface area contributed by atoms with Crippen LogP contribution in [0.2, 0.25) is 0 Å². The first-order valence-corrected chi connectivity index (χ1v) is 6.66. The lowest BCUT2D eigenvalue weighted by Crippen LogP contribution is -2.56.